The summed E-state index contributed by atoms with van der Waals surface area (Å²) in [5, 5.41) is 12.3. The number of fused-ring (bicyclic) bond motifs is 1. The number of pyridine rings is 1. The van der Waals surface area contributed by atoms with E-state index in [1.807, 2.05) is 23.1 Å². The molecule has 0 radical (unpaired) electrons. The second-order valence-corrected chi connectivity index (χ2v) is 10.3. The zero-order valence-electron chi connectivity index (χ0n) is 20.2. The van der Waals surface area contributed by atoms with Crippen LogP contribution < -0.4 is 5.32 Å². The van der Waals surface area contributed by atoms with Crippen molar-refractivity contribution in [3.63, 3.8) is 0 Å². The van der Waals surface area contributed by atoms with Crippen molar-refractivity contribution in [1.29, 1.82) is 0 Å². The highest BCUT2D eigenvalue weighted by atomic mass is 16.3. The number of nitrogens with one attached hydrogen (secondary N) is 1. The van der Waals surface area contributed by atoms with Crippen LogP contribution in [0.5, 0.6) is 5.75 Å². The van der Waals surface area contributed by atoms with Gasteiger partial charge < -0.3 is 20.2 Å². The molecule has 3 heterocycles. The monoisotopic (exact) mass is 476 g/mol. The van der Waals surface area contributed by atoms with Gasteiger partial charge in [-0.25, -0.2) is 0 Å². The van der Waals surface area contributed by atoms with Crippen LogP contribution >= 0.6 is 0 Å². The first kappa shape index (κ1) is 23.3. The summed E-state index contributed by atoms with van der Waals surface area (Å²) in [4.78, 5) is 47.1. The molecule has 3 amide bonds. The van der Waals surface area contributed by atoms with Crippen molar-refractivity contribution in [1.82, 2.24) is 20.1 Å². The molecule has 0 spiro atoms. The lowest BCUT2D eigenvalue weighted by Crippen LogP contribution is -2.62. The van der Waals surface area contributed by atoms with Crippen LogP contribution in [0.4, 0.5) is 0 Å². The maximum absolute atomic E-state index is 13.7. The molecule has 35 heavy (non-hydrogen) atoms. The number of rotatable bonds is 5. The molecule has 1 aromatic heterocycles. The first-order chi connectivity index (χ1) is 16.8. The molecule has 2 bridgehead atoms. The molecule has 2 aromatic rings. The average Bonchev–Trinajstić information content (AvgIpc) is 3.15. The van der Waals surface area contributed by atoms with E-state index in [2.05, 4.69) is 34.3 Å². The van der Waals surface area contributed by atoms with Crippen molar-refractivity contribution in [3.05, 3.63) is 59.9 Å². The van der Waals surface area contributed by atoms with Gasteiger partial charge in [-0.2, -0.15) is 0 Å². The van der Waals surface area contributed by atoms with Gasteiger partial charge in [0.05, 0.1) is 30.4 Å². The van der Waals surface area contributed by atoms with Crippen molar-refractivity contribution >= 4 is 17.7 Å². The van der Waals surface area contributed by atoms with Crippen LogP contribution in [-0.4, -0.2) is 68.3 Å². The highest BCUT2D eigenvalue weighted by Gasteiger charge is 2.64. The van der Waals surface area contributed by atoms with Crippen LogP contribution in [0.25, 0.3) is 0 Å². The van der Waals surface area contributed by atoms with Gasteiger partial charge in [-0.3, -0.25) is 19.4 Å². The number of piperidine rings is 1. The third-order valence-electron chi connectivity index (χ3n) is 8.28. The predicted octanol–water partition coefficient (Wildman–Crippen LogP) is 2.52. The fourth-order valence-corrected chi connectivity index (χ4v) is 6.89. The number of carbonyl (C=O) groups is 3. The van der Waals surface area contributed by atoms with E-state index in [1.165, 1.54) is 18.5 Å². The van der Waals surface area contributed by atoms with E-state index in [-0.39, 0.29) is 59.3 Å². The smallest absolute Gasteiger partial charge is 0.253 e. The molecular weight excluding hydrogens is 444 g/mol. The summed E-state index contributed by atoms with van der Waals surface area (Å²) < 4.78 is 0. The second kappa shape index (κ2) is 8.98. The van der Waals surface area contributed by atoms with E-state index < -0.39 is 5.91 Å². The SMILES string of the molecule is CC(=O)N1[C@H](Cc2ccccc2)[C@@H]2C[C@@]3(C)[C@H](CCC[C@@H]13)N2C(=O)CNC(=O)c1cncc(O)c1. The Kier molecular flexibility index (Phi) is 5.99. The van der Waals surface area contributed by atoms with Crippen molar-refractivity contribution in [2.45, 2.75) is 70.1 Å². The minimum atomic E-state index is -0.456. The Morgan fingerprint density at radius 3 is 2.51 bits per heavy atom. The number of amides is 3. The maximum Gasteiger partial charge on any atom is 0.253 e. The molecule has 8 heteroatoms. The van der Waals surface area contributed by atoms with Gasteiger partial charge in [0.1, 0.15) is 5.75 Å². The summed E-state index contributed by atoms with van der Waals surface area (Å²) >= 11 is 0. The lowest BCUT2D eigenvalue weighted by molar-refractivity contribution is -0.143. The van der Waals surface area contributed by atoms with Crippen molar-refractivity contribution in [2.24, 2.45) is 5.41 Å². The fraction of sp³-hybridized carbons (Fsp3) is 0.481. The summed E-state index contributed by atoms with van der Waals surface area (Å²) in [6.45, 7) is 3.74. The van der Waals surface area contributed by atoms with Crippen molar-refractivity contribution in [3.8, 4) is 5.75 Å². The van der Waals surface area contributed by atoms with Gasteiger partial charge in [-0.15, -0.1) is 0 Å². The molecule has 3 aliphatic rings. The molecule has 5 atom stereocenters. The summed E-state index contributed by atoms with van der Waals surface area (Å²) in [6.07, 6.45) is 6.98. The van der Waals surface area contributed by atoms with E-state index in [0.717, 1.165) is 31.2 Å². The quantitative estimate of drug-likeness (QED) is 0.690. The van der Waals surface area contributed by atoms with E-state index in [0.29, 0.717) is 6.42 Å². The Balaban J connectivity index is 1.42. The Bertz CT molecular complexity index is 1140. The van der Waals surface area contributed by atoms with Gasteiger partial charge in [-0.1, -0.05) is 37.3 Å². The third-order valence-corrected chi connectivity index (χ3v) is 8.28. The van der Waals surface area contributed by atoms with Gasteiger partial charge in [0.15, 0.2) is 0 Å². The molecule has 1 aromatic carbocycles. The molecule has 1 saturated carbocycles. The molecule has 0 unspecified atom stereocenters. The number of nitrogens with zero attached hydrogens (tertiary/aromatic N) is 3. The van der Waals surface area contributed by atoms with Gasteiger partial charge >= 0.3 is 0 Å². The molecule has 2 saturated heterocycles. The van der Waals surface area contributed by atoms with Crippen LogP contribution in [0.15, 0.2) is 48.8 Å². The highest BCUT2D eigenvalue weighted by molar-refractivity contribution is 5.96. The van der Waals surface area contributed by atoms with Gasteiger partial charge in [0.2, 0.25) is 11.8 Å². The van der Waals surface area contributed by atoms with E-state index in [1.54, 1.807) is 6.92 Å². The minimum absolute atomic E-state index is 0.0423. The molecule has 5 rings (SSSR count). The number of hydrogen-bond acceptors (Lipinski definition) is 5. The van der Waals surface area contributed by atoms with Crippen molar-refractivity contribution < 1.29 is 19.5 Å². The lowest BCUT2D eigenvalue weighted by Gasteiger charge is -2.52. The summed E-state index contributed by atoms with van der Waals surface area (Å²) in [5.74, 6) is -0.629. The maximum atomic E-state index is 13.7. The fourth-order valence-electron chi connectivity index (χ4n) is 6.89. The van der Waals surface area contributed by atoms with E-state index in [4.69, 9.17) is 0 Å². The lowest BCUT2D eigenvalue weighted by atomic mass is 9.64. The van der Waals surface area contributed by atoms with Crippen LogP contribution in [0, 0.1) is 5.41 Å². The predicted molar refractivity (Wildman–Crippen MR) is 129 cm³/mol. The van der Waals surface area contributed by atoms with Crippen LogP contribution in [0.1, 0.15) is 55.5 Å². The minimum Gasteiger partial charge on any atom is -0.506 e. The number of carbonyl (C=O) groups excluding carboxylic acids is 3. The topological polar surface area (TPSA) is 103 Å². The molecule has 2 aliphatic heterocycles. The normalized spacial score (nSPS) is 29.1. The largest absolute Gasteiger partial charge is 0.506 e. The molecule has 184 valence electrons. The van der Waals surface area contributed by atoms with E-state index in [9.17, 15) is 19.5 Å². The summed E-state index contributed by atoms with van der Waals surface area (Å²) in [6, 6.07) is 11.4. The van der Waals surface area contributed by atoms with Crippen LogP contribution in [0.2, 0.25) is 0 Å². The van der Waals surface area contributed by atoms with Crippen molar-refractivity contribution in [2.75, 3.05) is 6.54 Å². The molecule has 3 fully saturated rings. The zero-order valence-corrected chi connectivity index (χ0v) is 20.2. The number of aromatic nitrogens is 1. The first-order valence-electron chi connectivity index (χ1n) is 12.4. The number of hydrogen-bond donors (Lipinski definition) is 2. The second-order valence-electron chi connectivity index (χ2n) is 10.3. The molecule has 8 nitrogen and oxygen atoms in total. The summed E-state index contributed by atoms with van der Waals surface area (Å²) in [5.41, 5.74) is 1.19. The highest BCUT2D eigenvalue weighted by Crippen LogP contribution is 2.56. The number of benzene rings is 1. The molecule has 2 N–H and O–H groups in total. The zero-order chi connectivity index (χ0) is 24.7. The number of aromatic hydroxyl groups is 1. The Morgan fingerprint density at radius 1 is 1.11 bits per heavy atom. The van der Waals surface area contributed by atoms with Gasteiger partial charge in [-0.05, 0) is 43.7 Å². The Morgan fingerprint density at radius 2 is 1.83 bits per heavy atom. The summed E-state index contributed by atoms with van der Waals surface area (Å²) in [7, 11) is 0. The average molecular weight is 477 g/mol. The van der Waals surface area contributed by atoms with Crippen LogP contribution in [0.3, 0.4) is 0 Å². The van der Waals surface area contributed by atoms with Gasteiger partial charge in [0, 0.05) is 30.6 Å². The Labute approximate surface area is 205 Å². The first-order valence-corrected chi connectivity index (χ1v) is 12.4. The third kappa shape index (κ3) is 4.05. The Hall–Kier alpha value is -3.42. The van der Waals surface area contributed by atoms with Crippen LogP contribution in [-0.2, 0) is 16.0 Å². The number of likely N-dealkylation sites (tertiary alicyclic amines) is 2. The molecular formula is C27H32N4O4. The van der Waals surface area contributed by atoms with Gasteiger partial charge in [0.25, 0.3) is 5.91 Å². The van der Waals surface area contributed by atoms with E-state index >= 15 is 0 Å². The molecule has 1 aliphatic carbocycles. The standard InChI is InChI=1S/C27H32N4O4/c1-17(32)30-21(11-18-7-4-3-5-8-18)22-13-27(2)23(30)9-6-10-24(27)31(22)25(34)16-29-26(35)19-12-20(33)15-28-14-19/h3-5,7-8,12,14-15,21-24,33H,6,9-11,13,16H2,1-2H3,(H,29,35)/t21-,22+,23-,24+,27-/m1/s1.